The zero-order valence-corrected chi connectivity index (χ0v) is 17.2. The van der Waals surface area contributed by atoms with E-state index in [0.29, 0.717) is 34.3 Å². The lowest BCUT2D eigenvalue weighted by Gasteiger charge is -2.11. The highest BCUT2D eigenvalue weighted by molar-refractivity contribution is 6.04. The third-order valence-electron chi connectivity index (χ3n) is 5.17. The average Bonchev–Trinajstić information content (AvgIpc) is 3.30. The van der Waals surface area contributed by atoms with Gasteiger partial charge in [-0.25, -0.2) is 9.67 Å². The van der Waals surface area contributed by atoms with Gasteiger partial charge in [0, 0.05) is 17.0 Å². The maximum absolute atomic E-state index is 13.0. The fourth-order valence-electron chi connectivity index (χ4n) is 3.45. The Bertz CT molecular complexity index is 1230. The van der Waals surface area contributed by atoms with E-state index in [1.54, 1.807) is 4.68 Å². The summed E-state index contributed by atoms with van der Waals surface area (Å²) in [7, 11) is 0. The van der Waals surface area contributed by atoms with E-state index >= 15 is 0 Å². The van der Waals surface area contributed by atoms with Crippen molar-refractivity contribution in [2.75, 3.05) is 5.32 Å². The lowest BCUT2D eigenvalue weighted by molar-refractivity contribution is 0.102. The minimum Gasteiger partial charge on any atom is -0.440 e. The Kier molecular flexibility index (Phi) is 4.20. The highest BCUT2D eigenvalue weighted by Gasteiger charge is 2.34. The molecule has 1 N–H and O–H groups in total. The van der Waals surface area contributed by atoms with E-state index in [0.717, 1.165) is 24.2 Å². The second-order valence-corrected chi connectivity index (χ2v) is 8.75. The van der Waals surface area contributed by atoms with E-state index in [2.05, 4.69) is 41.4 Å². The first-order valence-electron chi connectivity index (χ1n) is 10.1. The van der Waals surface area contributed by atoms with Crippen molar-refractivity contribution < 1.29 is 9.21 Å². The van der Waals surface area contributed by atoms with Gasteiger partial charge in [0.25, 0.3) is 5.91 Å². The molecule has 30 heavy (non-hydrogen) atoms. The van der Waals surface area contributed by atoms with E-state index in [9.17, 15) is 4.79 Å². The predicted molar refractivity (Wildman–Crippen MR) is 114 cm³/mol. The summed E-state index contributed by atoms with van der Waals surface area (Å²) in [5, 5.41) is 11.4. The summed E-state index contributed by atoms with van der Waals surface area (Å²) in [4.78, 5) is 17.6. The standard InChI is InChI=1S/C23H23N5O2/c1-23(2,3)22-25-17-13-15(11-12-18(17)30-22)24-21(29)19-20(14-9-10-14)28(27-26-19)16-7-5-4-6-8-16/h4-8,11-14H,9-10H2,1-3H3,(H,24,29). The molecule has 7 nitrogen and oxygen atoms in total. The van der Waals surface area contributed by atoms with Crippen molar-refractivity contribution in [1.82, 2.24) is 20.0 Å². The fourth-order valence-corrected chi connectivity index (χ4v) is 3.45. The van der Waals surface area contributed by atoms with Crippen LogP contribution < -0.4 is 5.32 Å². The Labute approximate surface area is 174 Å². The highest BCUT2D eigenvalue weighted by Crippen LogP contribution is 2.42. The van der Waals surface area contributed by atoms with Gasteiger partial charge in [-0.3, -0.25) is 4.79 Å². The number of carbonyl (C=O) groups excluding carboxylic acids is 1. The van der Waals surface area contributed by atoms with Crippen LogP contribution in [0.3, 0.4) is 0 Å². The Morgan fingerprint density at radius 2 is 1.90 bits per heavy atom. The van der Waals surface area contributed by atoms with Crippen LogP contribution in [0.5, 0.6) is 0 Å². The van der Waals surface area contributed by atoms with Crippen LogP contribution in [0.2, 0.25) is 0 Å². The number of hydrogen-bond acceptors (Lipinski definition) is 5. The number of aromatic nitrogens is 4. The number of benzene rings is 2. The summed E-state index contributed by atoms with van der Waals surface area (Å²) in [6.45, 7) is 6.15. The Morgan fingerprint density at radius 3 is 2.60 bits per heavy atom. The summed E-state index contributed by atoms with van der Waals surface area (Å²) >= 11 is 0. The first kappa shape index (κ1) is 18.5. The van der Waals surface area contributed by atoms with E-state index < -0.39 is 0 Å². The van der Waals surface area contributed by atoms with Crippen molar-refractivity contribution in [2.24, 2.45) is 0 Å². The second-order valence-electron chi connectivity index (χ2n) is 8.75. The summed E-state index contributed by atoms with van der Waals surface area (Å²) in [6.07, 6.45) is 2.09. The molecule has 0 radical (unpaired) electrons. The summed E-state index contributed by atoms with van der Waals surface area (Å²) < 4.78 is 7.62. The average molecular weight is 401 g/mol. The molecule has 0 saturated heterocycles. The molecule has 0 atom stereocenters. The topological polar surface area (TPSA) is 85.8 Å². The first-order chi connectivity index (χ1) is 14.4. The number of fused-ring (bicyclic) bond motifs is 1. The van der Waals surface area contributed by atoms with Crippen molar-refractivity contribution in [3.8, 4) is 5.69 Å². The van der Waals surface area contributed by atoms with Crippen molar-refractivity contribution >= 4 is 22.7 Å². The third-order valence-corrected chi connectivity index (χ3v) is 5.17. The SMILES string of the molecule is CC(C)(C)c1nc2cc(NC(=O)c3nnn(-c4ccccc4)c3C3CC3)ccc2o1. The minimum atomic E-state index is -0.266. The largest absolute Gasteiger partial charge is 0.440 e. The summed E-state index contributed by atoms with van der Waals surface area (Å²) in [5.74, 6) is 0.717. The van der Waals surface area contributed by atoms with Gasteiger partial charge in [-0.15, -0.1) is 5.10 Å². The van der Waals surface area contributed by atoms with Crippen LogP contribution in [0.25, 0.3) is 16.8 Å². The molecule has 1 amide bonds. The highest BCUT2D eigenvalue weighted by atomic mass is 16.3. The molecule has 0 aliphatic heterocycles. The lowest BCUT2D eigenvalue weighted by atomic mass is 9.97. The maximum atomic E-state index is 13.0. The van der Waals surface area contributed by atoms with Gasteiger partial charge in [0.15, 0.2) is 11.3 Å². The molecule has 1 saturated carbocycles. The second kappa shape index (κ2) is 6.79. The number of hydrogen-bond donors (Lipinski definition) is 1. The summed E-state index contributed by atoms with van der Waals surface area (Å²) in [6, 6.07) is 15.3. The maximum Gasteiger partial charge on any atom is 0.278 e. The number of amides is 1. The smallest absolute Gasteiger partial charge is 0.278 e. The van der Waals surface area contributed by atoms with E-state index in [-0.39, 0.29) is 11.3 Å². The molecular weight excluding hydrogens is 378 g/mol. The third kappa shape index (κ3) is 3.36. The Hall–Kier alpha value is -3.48. The van der Waals surface area contributed by atoms with Crippen molar-refractivity contribution in [2.45, 2.75) is 44.9 Å². The van der Waals surface area contributed by atoms with Crippen LogP contribution in [0, 0.1) is 0 Å². The fraction of sp³-hybridized carbons (Fsp3) is 0.304. The molecule has 1 aliphatic carbocycles. The number of nitrogens with one attached hydrogen (secondary N) is 1. The van der Waals surface area contributed by atoms with Gasteiger partial charge in [0.05, 0.1) is 11.4 Å². The number of anilines is 1. The Balaban J connectivity index is 1.45. The predicted octanol–water partition coefficient (Wildman–Crippen LogP) is 4.84. The van der Waals surface area contributed by atoms with Crippen LogP contribution in [-0.2, 0) is 5.41 Å². The molecule has 1 aliphatic rings. The van der Waals surface area contributed by atoms with Crippen molar-refractivity contribution in [3.63, 3.8) is 0 Å². The Morgan fingerprint density at radius 1 is 1.13 bits per heavy atom. The molecule has 0 spiro atoms. The molecule has 4 aromatic rings. The van der Waals surface area contributed by atoms with Gasteiger partial charge < -0.3 is 9.73 Å². The van der Waals surface area contributed by atoms with Crippen LogP contribution in [0.15, 0.2) is 52.9 Å². The monoisotopic (exact) mass is 401 g/mol. The molecule has 0 unspecified atom stereocenters. The number of rotatable bonds is 4. The zero-order valence-electron chi connectivity index (χ0n) is 17.2. The first-order valence-corrected chi connectivity index (χ1v) is 10.1. The van der Waals surface area contributed by atoms with Crippen LogP contribution in [0.1, 0.15) is 61.6 Å². The molecule has 7 heteroatoms. The van der Waals surface area contributed by atoms with Crippen molar-refractivity contribution in [1.29, 1.82) is 0 Å². The molecule has 1 fully saturated rings. The van der Waals surface area contributed by atoms with Gasteiger partial charge in [-0.2, -0.15) is 0 Å². The van der Waals surface area contributed by atoms with Gasteiger partial charge >= 0.3 is 0 Å². The number of oxazole rings is 1. The van der Waals surface area contributed by atoms with Crippen LogP contribution in [0.4, 0.5) is 5.69 Å². The number of para-hydroxylation sites is 1. The van der Waals surface area contributed by atoms with Gasteiger partial charge in [-0.05, 0) is 43.2 Å². The quantitative estimate of drug-likeness (QED) is 0.529. The summed E-state index contributed by atoms with van der Waals surface area (Å²) in [5.41, 5.74) is 4.03. The normalized spacial score (nSPS) is 14.2. The van der Waals surface area contributed by atoms with Gasteiger partial charge in [0.2, 0.25) is 5.89 Å². The number of carbonyl (C=O) groups is 1. The molecular formula is C23H23N5O2. The van der Waals surface area contributed by atoms with E-state index in [1.807, 2.05) is 48.5 Å². The van der Waals surface area contributed by atoms with Crippen LogP contribution in [-0.4, -0.2) is 25.9 Å². The van der Waals surface area contributed by atoms with Gasteiger partial charge in [0.1, 0.15) is 5.52 Å². The molecule has 2 aromatic carbocycles. The van der Waals surface area contributed by atoms with Crippen molar-refractivity contribution in [3.05, 3.63) is 65.8 Å². The van der Waals surface area contributed by atoms with Crippen LogP contribution >= 0.6 is 0 Å². The lowest BCUT2D eigenvalue weighted by Crippen LogP contribution is -2.15. The van der Waals surface area contributed by atoms with E-state index in [1.165, 1.54) is 0 Å². The molecule has 5 rings (SSSR count). The minimum absolute atomic E-state index is 0.183. The zero-order chi connectivity index (χ0) is 20.9. The van der Waals surface area contributed by atoms with E-state index in [4.69, 9.17) is 4.42 Å². The number of nitrogens with zero attached hydrogens (tertiary/aromatic N) is 4. The van der Waals surface area contributed by atoms with Gasteiger partial charge in [-0.1, -0.05) is 44.2 Å². The molecule has 152 valence electrons. The molecule has 2 heterocycles. The molecule has 0 bridgehead atoms. The molecule has 2 aromatic heterocycles.